The number of hydrogen-bond donors (Lipinski definition) is 2. The first-order valence-electron chi connectivity index (χ1n) is 7.43. The SMILES string of the molecule is CCc1cc(C(=O)NN=C(C)c2ccc(OCC(N)=O)cc2)cs1. The van der Waals surface area contributed by atoms with Crippen molar-refractivity contribution in [3.63, 3.8) is 0 Å². The number of carbonyl (C=O) groups excluding carboxylic acids is 2. The van der Waals surface area contributed by atoms with E-state index in [-0.39, 0.29) is 12.5 Å². The van der Waals surface area contributed by atoms with E-state index in [1.54, 1.807) is 42.5 Å². The Morgan fingerprint density at radius 2 is 1.96 bits per heavy atom. The lowest BCUT2D eigenvalue weighted by Crippen LogP contribution is -2.20. The first-order chi connectivity index (χ1) is 11.5. The zero-order chi connectivity index (χ0) is 17.5. The van der Waals surface area contributed by atoms with Crippen LogP contribution in [0.25, 0.3) is 0 Å². The lowest BCUT2D eigenvalue weighted by atomic mass is 10.1. The van der Waals surface area contributed by atoms with Gasteiger partial charge in [-0.3, -0.25) is 9.59 Å². The van der Waals surface area contributed by atoms with Gasteiger partial charge in [-0.15, -0.1) is 11.3 Å². The third-order valence-electron chi connectivity index (χ3n) is 3.24. The smallest absolute Gasteiger partial charge is 0.272 e. The number of rotatable bonds is 7. The molecule has 24 heavy (non-hydrogen) atoms. The average Bonchev–Trinajstić information content (AvgIpc) is 3.07. The monoisotopic (exact) mass is 345 g/mol. The fourth-order valence-electron chi connectivity index (χ4n) is 1.90. The van der Waals surface area contributed by atoms with Crippen LogP contribution in [-0.2, 0) is 11.2 Å². The van der Waals surface area contributed by atoms with E-state index in [0.29, 0.717) is 17.0 Å². The minimum atomic E-state index is -0.529. The number of nitrogens with zero attached hydrogens (tertiary/aromatic N) is 1. The van der Waals surface area contributed by atoms with Crippen LogP contribution in [-0.4, -0.2) is 24.1 Å². The molecule has 0 aliphatic rings. The van der Waals surface area contributed by atoms with E-state index in [2.05, 4.69) is 10.5 Å². The third kappa shape index (κ3) is 4.92. The van der Waals surface area contributed by atoms with Gasteiger partial charge in [-0.1, -0.05) is 6.92 Å². The van der Waals surface area contributed by atoms with Gasteiger partial charge in [-0.05, 0) is 49.2 Å². The van der Waals surface area contributed by atoms with Crippen LogP contribution < -0.4 is 15.9 Å². The Labute approximate surface area is 144 Å². The van der Waals surface area contributed by atoms with E-state index in [1.807, 2.05) is 18.4 Å². The molecule has 2 amide bonds. The van der Waals surface area contributed by atoms with Crippen LogP contribution in [0.3, 0.4) is 0 Å². The second kappa shape index (κ2) is 8.26. The Bertz CT molecular complexity index is 751. The summed E-state index contributed by atoms with van der Waals surface area (Å²) in [5, 5.41) is 5.94. The second-order valence-corrected chi connectivity index (χ2v) is 6.07. The summed E-state index contributed by atoms with van der Waals surface area (Å²) in [6.07, 6.45) is 0.907. The molecule has 2 rings (SSSR count). The maximum Gasteiger partial charge on any atom is 0.272 e. The van der Waals surface area contributed by atoms with Crippen LogP contribution in [0.15, 0.2) is 40.8 Å². The van der Waals surface area contributed by atoms with Gasteiger partial charge < -0.3 is 10.5 Å². The van der Waals surface area contributed by atoms with Crippen LogP contribution >= 0.6 is 11.3 Å². The Balaban J connectivity index is 1.97. The first-order valence-corrected chi connectivity index (χ1v) is 8.31. The van der Waals surface area contributed by atoms with E-state index >= 15 is 0 Å². The first kappa shape index (κ1) is 17.7. The third-order valence-corrected chi connectivity index (χ3v) is 4.32. The highest BCUT2D eigenvalue weighted by Gasteiger charge is 2.08. The molecule has 0 fully saturated rings. The van der Waals surface area contributed by atoms with Crippen molar-refractivity contribution in [3.05, 3.63) is 51.7 Å². The van der Waals surface area contributed by atoms with Gasteiger partial charge in [-0.2, -0.15) is 5.10 Å². The van der Waals surface area contributed by atoms with Crippen molar-refractivity contribution in [2.24, 2.45) is 10.8 Å². The van der Waals surface area contributed by atoms with Crippen molar-refractivity contribution in [1.29, 1.82) is 0 Å². The molecule has 0 saturated heterocycles. The van der Waals surface area contributed by atoms with E-state index in [1.165, 1.54) is 0 Å². The summed E-state index contributed by atoms with van der Waals surface area (Å²) in [4.78, 5) is 23.9. The number of aryl methyl sites for hydroxylation is 1. The molecule has 0 spiro atoms. The summed E-state index contributed by atoms with van der Waals surface area (Å²) in [5.74, 6) is -0.217. The van der Waals surface area contributed by atoms with Gasteiger partial charge in [0.05, 0.1) is 11.3 Å². The predicted molar refractivity (Wildman–Crippen MR) is 94.5 cm³/mol. The molecule has 3 N–H and O–H groups in total. The number of ether oxygens (including phenoxy) is 1. The Morgan fingerprint density at radius 1 is 1.25 bits per heavy atom. The van der Waals surface area contributed by atoms with E-state index < -0.39 is 5.91 Å². The zero-order valence-electron chi connectivity index (χ0n) is 13.5. The van der Waals surface area contributed by atoms with Crippen LogP contribution in [0.2, 0.25) is 0 Å². The van der Waals surface area contributed by atoms with Gasteiger partial charge in [0.25, 0.3) is 11.8 Å². The second-order valence-electron chi connectivity index (χ2n) is 5.07. The largest absolute Gasteiger partial charge is 0.484 e. The Hall–Kier alpha value is -2.67. The number of nitrogens with one attached hydrogen (secondary N) is 1. The van der Waals surface area contributed by atoms with Crippen molar-refractivity contribution < 1.29 is 14.3 Å². The molecule has 1 aromatic heterocycles. The normalized spacial score (nSPS) is 11.2. The molecule has 0 unspecified atom stereocenters. The van der Waals surface area contributed by atoms with Crippen LogP contribution in [0.1, 0.15) is 34.6 Å². The summed E-state index contributed by atoms with van der Waals surface area (Å²) >= 11 is 1.56. The molecule has 0 atom stereocenters. The number of carbonyl (C=O) groups is 2. The van der Waals surface area contributed by atoms with Crippen molar-refractivity contribution in [3.8, 4) is 5.75 Å². The summed E-state index contributed by atoms with van der Waals surface area (Å²) in [5.41, 5.74) is 9.69. The van der Waals surface area contributed by atoms with Gasteiger partial charge in [0.1, 0.15) is 5.75 Å². The molecule has 2 aromatic rings. The van der Waals surface area contributed by atoms with E-state index in [9.17, 15) is 9.59 Å². The highest BCUT2D eigenvalue weighted by Crippen LogP contribution is 2.15. The van der Waals surface area contributed by atoms with Crippen LogP contribution in [0.4, 0.5) is 0 Å². The number of hydrazone groups is 1. The van der Waals surface area contributed by atoms with Gasteiger partial charge >= 0.3 is 0 Å². The molecule has 7 heteroatoms. The summed E-state index contributed by atoms with van der Waals surface area (Å²) in [6, 6.07) is 8.88. The van der Waals surface area contributed by atoms with Gasteiger partial charge in [0, 0.05) is 10.3 Å². The molecule has 0 radical (unpaired) electrons. The fourth-order valence-corrected chi connectivity index (χ4v) is 2.71. The van der Waals surface area contributed by atoms with Crippen LogP contribution in [0.5, 0.6) is 5.75 Å². The van der Waals surface area contributed by atoms with E-state index in [4.69, 9.17) is 10.5 Å². The summed E-state index contributed by atoms with van der Waals surface area (Å²) < 4.78 is 5.19. The maximum atomic E-state index is 12.0. The molecule has 0 bridgehead atoms. The average molecular weight is 345 g/mol. The molecule has 0 aliphatic carbocycles. The van der Waals surface area contributed by atoms with Crippen molar-refractivity contribution in [2.45, 2.75) is 20.3 Å². The Kier molecular flexibility index (Phi) is 6.08. The molecule has 1 heterocycles. The number of amides is 2. The number of hydrogen-bond acceptors (Lipinski definition) is 5. The van der Waals surface area contributed by atoms with Crippen molar-refractivity contribution in [2.75, 3.05) is 6.61 Å². The van der Waals surface area contributed by atoms with Gasteiger partial charge in [0.2, 0.25) is 0 Å². The molecule has 126 valence electrons. The number of thiophene rings is 1. The zero-order valence-corrected chi connectivity index (χ0v) is 14.4. The minimum Gasteiger partial charge on any atom is -0.484 e. The van der Waals surface area contributed by atoms with E-state index in [0.717, 1.165) is 16.9 Å². The number of nitrogens with two attached hydrogens (primary N) is 1. The van der Waals surface area contributed by atoms with Gasteiger partial charge in [0.15, 0.2) is 6.61 Å². The minimum absolute atomic E-state index is 0.164. The lowest BCUT2D eigenvalue weighted by molar-refractivity contribution is -0.119. The summed E-state index contributed by atoms with van der Waals surface area (Å²) in [6.45, 7) is 3.68. The maximum absolute atomic E-state index is 12.0. The molecule has 0 saturated carbocycles. The molecular weight excluding hydrogens is 326 g/mol. The Morgan fingerprint density at radius 3 is 2.54 bits per heavy atom. The predicted octanol–water partition coefficient (Wildman–Crippen LogP) is 2.33. The topological polar surface area (TPSA) is 93.8 Å². The molecule has 0 aliphatic heterocycles. The highest BCUT2D eigenvalue weighted by molar-refractivity contribution is 7.10. The fraction of sp³-hybridized carbons (Fsp3) is 0.235. The van der Waals surface area contributed by atoms with Crippen LogP contribution in [0, 0.1) is 0 Å². The lowest BCUT2D eigenvalue weighted by Gasteiger charge is -2.05. The molecular formula is C17H19N3O3S. The standard InChI is InChI=1S/C17H19N3O3S/c1-3-15-8-13(10-24-15)17(22)20-19-11(2)12-4-6-14(7-5-12)23-9-16(18)21/h4-8,10H,3,9H2,1-2H3,(H2,18,21)(H,20,22). The number of benzene rings is 1. The quantitative estimate of drug-likeness (QED) is 0.596. The van der Waals surface area contributed by atoms with Crippen molar-refractivity contribution in [1.82, 2.24) is 5.43 Å². The summed E-state index contributed by atoms with van der Waals surface area (Å²) in [7, 11) is 0. The van der Waals surface area contributed by atoms with Crippen molar-refractivity contribution >= 4 is 28.9 Å². The molecule has 1 aromatic carbocycles. The van der Waals surface area contributed by atoms with Gasteiger partial charge in [-0.25, -0.2) is 5.43 Å². The highest BCUT2D eigenvalue weighted by atomic mass is 32.1. The molecule has 6 nitrogen and oxygen atoms in total. The number of primary amides is 1.